The highest BCUT2D eigenvalue weighted by Gasteiger charge is 2.30. The van der Waals surface area contributed by atoms with Crippen LogP contribution in [0.2, 0.25) is 0 Å². The van der Waals surface area contributed by atoms with Gasteiger partial charge < -0.3 is 15.4 Å². The molecule has 1 fully saturated rings. The maximum absolute atomic E-state index is 12.6. The Morgan fingerprint density at radius 2 is 1.79 bits per heavy atom. The summed E-state index contributed by atoms with van der Waals surface area (Å²) in [5.74, 6) is -0.396. The fourth-order valence-corrected chi connectivity index (χ4v) is 4.78. The third-order valence-electron chi connectivity index (χ3n) is 4.68. The summed E-state index contributed by atoms with van der Waals surface area (Å²) in [5.41, 5.74) is 1.30. The second kappa shape index (κ2) is 9.09. The van der Waals surface area contributed by atoms with E-state index in [1.54, 1.807) is 31.2 Å². The minimum atomic E-state index is -3.08. The largest absolute Gasteiger partial charge is 0.480 e. The van der Waals surface area contributed by atoms with Gasteiger partial charge in [-0.05, 0) is 31.0 Å². The number of benzene rings is 2. The Bertz CT molecular complexity index is 976. The second-order valence-corrected chi connectivity index (χ2v) is 9.26. The zero-order valence-electron chi connectivity index (χ0n) is 16.1. The molecular weight excluding hydrogens is 392 g/mol. The van der Waals surface area contributed by atoms with E-state index in [4.69, 9.17) is 4.74 Å². The van der Waals surface area contributed by atoms with E-state index in [9.17, 15) is 18.0 Å². The molecule has 0 aromatic heterocycles. The number of hydrogen-bond acceptors (Lipinski definition) is 5. The lowest BCUT2D eigenvalue weighted by molar-refractivity contribution is -0.127. The summed E-state index contributed by atoms with van der Waals surface area (Å²) < 4.78 is 28.8. The molecule has 7 nitrogen and oxygen atoms in total. The highest BCUT2D eigenvalue weighted by atomic mass is 32.2. The third kappa shape index (κ3) is 5.80. The maximum Gasteiger partial charge on any atom is 0.261 e. The van der Waals surface area contributed by atoms with Crippen molar-refractivity contribution < 1.29 is 22.7 Å². The predicted octanol–water partition coefficient (Wildman–Crippen LogP) is 1.69. The van der Waals surface area contributed by atoms with E-state index in [1.165, 1.54) is 0 Å². The van der Waals surface area contributed by atoms with Gasteiger partial charge >= 0.3 is 0 Å². The molecule has 0 saturated carbocycles. The first kappa shape index (κ1) is 20.9. The molecule has 2 aromatic rings. The van der Waals surface area contributed by atoms with Crippen LogP contribution >= 0.6 is 0 Å². The molecule has 0 aliphatic carbocycles. The fraction of sp³-hybridized carbons (Fsp3) is 0.333. The molecule has 8 heteroatoms. The van der Waals surface area contributed by atoms with Crippen molar-refractivity contribution in [3.63, 3.8) is 0 Å². The van der Waals surface area contributed by atoms with Gasteiger partial charge in [0.2, 0.25) is 0 Å². The van der Waals surface area contributed by atoms with E-state index >= 15 is 0 Å². The van der Waals surface area contributed by atoms with E-state index in [2.05, 4.69) is 10.6 Å². The third-order valence-corrected chi connectivity index (χ3v) is 6.45. The van der Waals surface area contributed by atoms with Crippen molar-refractivity contribution in [3.05, 3.63) is 65.7 Å². The van der Waals surface area contributed by atoms with Crippen molar-refractivity contribution >= 4 is 21.7 Å². The maximum atomic E-state index is 12.6. The van der Waals surface area contributed by atoms with Crippen LogP contribution in [0.4, 0.5) is 0 Å². The Balaban J connectivity index is 1.60. The molecule has 0 bridgehead atoms. The number of ether oxygens (including phenoxy) is 1. The van der Waals surface area contributed by atoms with Gasteiger partial charge in [-0.1, -0.05) is 42.5 Å². The average molecular weight is 416 g/mol. The summed E-state index contributed by atoms with van der Waals surface area (Å²) in [6.45, 7) is 1.94. The first-order valence-electron chi connectivity index (χ1n) is 9.43. The smallest absolute Gasteiger partial charge is 0.261 e. The minimum absolute atomic E-state index is 0.0516. The van der Waals surface area contributed by atoms with Gasteiger partial charge in [-0.3, -0.25) is 9.59 Å². The summed E-state index contributed by atoms with van der Waals surface area (Å²) in [5, 5.41) is 5.55. The first-order valence-corrected chi connectivity index (χ1v) is 11.2. The molecule has 2 N–H and O–H groups in total. The van der Waals surface area contributed by atoms with Gasteiger partial charge in [0.05, 0.1) is 17.1 Å². The van der Waals surface area contributed by atoms with Crippen LogP contribution in [-0.2, 0) is 21.2 Å². The molecule has 1 aliphatic rings. The van der Waals surface area contributed by atoms with Gasteiger partial charge in [-0.15, -0.1) is 0 Å². The number of nitrogens with one attached hydrogen (secondary N) is 2. The summed E-state index contributed by atoms with van der Waals surface area (Å²) in [4.78, 5) is 25.0. The lowest BCUT2D eigenvalue weighted by Crippen LogP contribution is -2.43. The second-order valence-electron chi connectivity index (χ2n) is 7.03. The van der Waals surface area contributed by atoms with Crippen LogP contribution in [0.5, 0.6) is 5.75 Å². The van der Waals surface area contributed by atoms with E-state index in [1.807, 2.05) is 30.3 Å². The molecule has 154 valence electrons. The van der Waals surface area contributed by atoms with Gasteiger partial charge in [0.15, 0.2) is 15.9 Å². The van der Waals surface area contributed by atoms with Gasteiger partial charge in [-0.25, -0.2) is 8.42 Å². The lowest BCUT2D eigenvalue weighted by atomic mass is 10.1. The van der Waals surface area contributed by atoms with Crippen LogP contribution < -0.4 is 15.4 Å². The summed E-state index contributed by atoms with van der Waals surface area (Å²) in [6.07, 6.45) is -0.472. The van der Waals surface area contributed by atoms with Crippen LogP contribution in [0.3, 0.4) is 0 Å². The number of carbonyl (C=O) groups excluding carboxylic acids is 2. The molecule has 1 heterocycles. The van der Waals surface area contributed by atoms with E-state index in [0.717, 1.165) is 5.56 Å². The van der Waals surface area contributed by atoms with Crippen LogP contribution in [0.1, 0.15) is 29.3 Å². The summed E-state index contributed by atoms with van der Waals surface area (Å²) in [6, 6.07) is 15.8. The van der Waals surface area contributed by atoms with Gasteiger partial charge in [0.1, 0.15) is 5.75 Å². The molecule has 3 rings (SSSR count). The van der Waals surface area contributed by atoms with Gasteiger partial charge in [0, 0.05) is 12.6 Å². The van der Waals surface area contributed by atoms with Gasteiger partial charge in [-0.2, -0.15) is 0 Å². The van der Waals surface area contributed by atoms with E-state index < -0.39 is 27.9 Å². The molecular formula is C21H24N2O5S. The Hall–Kier alpha value is -2.87. The number of carbonyl (C=O) groups is 2. The molecule has 29 heavy (non-hydrogen) atoms. The lowest BCUT2D eigenvalue weighted by Gasteiger charge is -2.19. The van der Waals surface area contributed by atoms with Crippen molar-refractivity contribution in [1.29, 1.82) is 0 Å². The molecule has 0 spiro atoms. The number of sulfone groups is 1. The van der Waals surface area contributed by atoms with Crippen molar-refractivity contribution in [3.8, 4) is 5.75 Å². The Kier molecular flexibility index (Phi) is 6.53. The number of para-hydroxylation sites is 1. The first-order chi connectivity index (χ1) is 13.8. The molecule has 2 amide bonds. The Morgan fingerprint density at radius 1 is 1.10 bits per heavy atom. The van der Waals surface area contributed by atoms with E-state index in [0.29, 0.717) is 24.3 Å². The standard InChI is InChI=1S/C21H24N2O5S/c1-15(20(24)23-17-11-12-29(26,27)14-17)28-19-10-6-5-9-18(19)21(25)22-13-16-7-3-2-4-8-16/h2-10,15,17H,11-14H2,1H3,(H,22,25)(H,23,24)/t15-,17+/m1/s1. The zero-order chi connectivity index (χ0) is 20.9. The zero-order valence-corrected chi connectivity index (χ0v) is 16.9. The monoisotopic (exact) mass is 416 g/mol. The molecule has 1 aliphatic heterocycles. The summed E-state index contributed by atoms with van der Waals surface area (Å²) in [7, 11) is -3.08. The van der Waals surface area contributed by atoms with Crippen molar-refractivity contribution in [1.82, 2.24) is 10.6 Å². The Morgan fingerprint density at radius 3 is 2.48 bits per heavy atom. The molecule has 2 atom stereocenters. The number of hydrogen-bond donors (Lipinski definition) is 2. The van der Waals surface area contributed by atoms with Gasteiger partial charge in [0.25, 0.3) is 11.8 Å². The minimum Gasteiger partial charge on any atom is -0.480 e. The van der Waals surface area contributed by atoms with E-state index in [-0.39, 0.29) is 17.4 Å². The topological polar surface area (TPSA) is 102 Å². The van der Waals surface area contributed by atoms with Crippen LogP contribution in [0.25, 0.3) is 0 Å². The van der Waals surface area contributed by atoms with Crippen LogP contribution in [-0.4, -0.2) is 43.9 Å². The molecule has 1 saturated heterocycles. The van der Waals surface area contributed by atoms with Crippen molar-refractivity contribution in [2.24, 2.45) is 0 Å². The van der Waals surface area contributed by atoms with Crippen LogP contribution in [0.15, 0.2) is 54.6 Å². The molecule has 0 unspecified atom stereocenters. The molecule has 2 aromatic carbocycles. The summed E-state index contributed by atoms with van der Waals surface area (Å²) >= 11 is 0. The number of rotatable bonds is 7. The normalized spacial score (nSPS) is 18.6. The van der Waals surface area contributed by atoms with Crippen molar-refractivity contribution in [2.75, 3.05) is 11.5 Å². The Labute approximate surface area is 170 Å². The highest BCUT2D eigenvalue weighted by molar-refractivity contribution is 7.91. The highest BCUT2D eigenvalue weighted by Crippen LogP contribution is 2.20. The average Bonchev–Trinajstić information content (AvgIpc) is 3.05. The fourth-order valence-electron chi connectivity index (χ4n) is 3.10. The van der Waals surface area contributed by atoms with Crippen molar-refractivity contribution in [2.45, 2.75) is 32.0 Å². The van der Waals surface area contributed by atoms with Crippen LogP contribution in [0, 0.1) is 0 Å². The molecule has 0 radical (unpaired) electrons. The predicted molar refractivity (Wildman–Crippen MR) is 109 cm³/mol. The quantitative estimate of drug-likeness (QED) is 0.715. The SMILES string of the molecule is C[C@@H](Oc1ccccc1C(=O)NCc1ccccc1)C(=O)N[C@H]1CCS(=O)(=O)C1. The number of amides is 2.